The first-order chi connectivity index (χ1) is 11.0. The highest BCUT2D eigenvalue weighted by Gasteiger charge is 2.25. The predicted molar refractivity (Wildman–Crippen MR) is 83.0 cm³/mol. The molecule has 0 aliphatic carbocycles. The van der Waals surface area contributed by atoms with E-state index in [4.69, 9.17) is 18.6 Å². The van der Waals surface area contributed by atoms with Gasteiger partial charge in [0.2, 0.25) is 22.7 Å². The zero-order chi connectivity index (χ0) is 16.7. The summed E-state index contributed by atoms with van der Waals surface area (Å²) >= 11 is 0. The molecule has 0 amide bonds. The molecule has 0 spiro atoms. The van der Waals surface area contributed by atoms with Crippen molar-refractivity contribution in [1.29, 1.82) is 0 Å². The van der Waals surface area contributed by atoms with E-state index in [1.54, 1.807) is 12.1 Å². The van der Waals surface area contributed by atoms with Crippen LogP contribution in [0.5, 0.6) is 28.7 Å². The summed E-state index contributed by atoms with van der Waals surface area (Å²) in [6, 6.07) is 4.66. The average molecular weight is 318 g/mol. The van der Waals surface area contributed by atoms with Crippen LogP contribution in [-0.2, 0) is 0 Å². The van der Waals surface area contributed by atoms with Gasteiger partial charge in [0.25, 0.3) is 0 Å². The fourth-order valence-corrected chi connectivity index (χ4v) is 2.49. The van der Waals surface area contributed by atoms with Crippen LogP contribution in [0.15, 0.2) is 27.4 Å². The van der Waals surface area contributed by atoms with Gasteiger partial charge in [0.1, 0.15) is 16.7 Å². The zero-order valence-corrected chi connectivity index (χ0v) is 12.7. The first-order valence-corrected chi connectivity index (χ1v) is 6.63. The van der Waals surface area contributed by atoms with Gasteiger partial charge in [-0.25, -0.2) is 0 Å². The summed E-state index contributed by atoms with van der Waals surface area (Å²) in [7, 11) is 4.06. The van der Waals surface area contributed by atoms with E-state index in [0.29, 0.717) is 5.75 Å². The van der Waals surface area contributed by atoms with Gasteiger partial charge in [-0.2, -0.15) is 0 Å². The lowest BCUT2D eigenvalue weighted by atomic mass is 10.1. The van der Waals surface area contributed by atoms with Crippen LogP contribution in [0.3, 0.4) is 0 Å². The fourth-order valence-electron chi connectivity index (χ4n) is 2.49. The van der Waals surface area contributed by atoms with E-state index in [0.717, 1.165) is 0 Å². The number of phenolic OH excluding ortho intramolecular Hbond substituents is 2. The number of phenols is 2. The van der Waals surface area contributed by atoms with Crippen molar-refractivity contribution < 1.29 is 28.8 Å². The lowest BCUT2D eigenvalue weighted by Gasteiger charge is -2.13. The molecule has 0 atom stereocenters. The summed E-state index contributed by atoms with van der Waals surface area (Å²) in [5.74, 6) is -0.684. The molecular weight excluding hydrogens is 304 g/mol. The normalized spacial score (nSPS) is 10.9. The summed E-state index contributed by atoms with van der Waals surface area (Å²) in [5.41, 5.74) is -0.457. The minimum Gasteiger partial charge on any atom is -0.504 e. The summed E-state index contributed by atoms with van der Waals surface area (Å²) in [4.78, 5) is 12.7. The molecule has 0 saturated heterocycles. The van der Waals surface area contributed by atoms with Crippen LogP contribution in [0.25, 0.3) is 21.9 Å². The van der Waals surface area contributed by atoms with Gasteiger partial charge in [-0.3, -0.25) is 4.79 Å². The second kappa shape index (κ2) is 5.28. The van der Waals surface area contributed by atoms with Gasteiger partial charge in [-0.15, -0.1) is 0 Å². The predicted octanol–water partition coefficient (Wildman–Crippen LogP) is 2.38. The first-order valence-electron chi connectivity index (χ1n) is 6.63. The standard InChI is InChI=1S/C16H14O7/c1-20-7-4-5-9-8(6-7)11(17)10-12(18)15(21-2)16(22-3)13(19)14(10)23-9/h4-6,18-19H,1-3H3. The van der Waals surface area contributed by atoms with E-state index in [1.165, 1.54) is 27.4 Å². The van der Waals surface area contributed by atoms with Gasteiger partial charge in [-0.1, -0.05) is 0 Å². The SMILES string of the molecule is COc1ccc2oc3c(O)c(OC)c(OC)c(O)c3c(=O)c2c1. The van der Waals surface area contributed by atoms with E-state index in [1.807, 2.05) is 0 Å². The molecule has 0 bridgehead atoms. The fraction of sp³-hybridized carbons (Fsp3) is 0.188. The van der Waals surface area contributed by atoms with Crippen molar-refractivity contribution in [2.24, 2.45) is 0 Å². The van der Waals surface area contributed by atoms with Crippen molar-refractivity contribution in [1.82, 2.24) is 0 Å². The van der Waals surface area contributed by atoms with Crippen LogP contribution in [0, 0.1) is 0 Å². The largest absolute Gasteiger partial charge is 0.504 e. The van der Waals surface area contributed by atoms with Crippen LogP contribution in [0.4, 0.5) is 0 Å². The third kappa shape index (κ3) is 2.01. The summed E-state index contributed by atoms with van der Waals surface area (Å²) in [6.45, 7) is 0. The van der Waals surface area contributed by atoms with Crippen molar-refractivity contribution in [3.8, 4) is 28.7 Å². The molecule has 0 aliphatic heterocycles. The van der Waals surface area contributed by atoms with Crippen molar-refractivity contribution in [2.45, 2.75) is 0 Å². The lowest BCUT2D eigenvalue weighted by Crippen LogP contribution is -2.04. The maximum absolute atomic E-state index is 12.7. The molecule has 0 aliphatic rings. The molecule has 3 aromatic rings. The van der Waals surface area contributed by atoms with E-state index < -0.39 is 16.9 Å². The lowest BCUT2D eigenvalue weighted by molar-refractivity contribution is 0.318. The Morgan fingerprint density at radius 2 is 1.61 bits per heavy atom. The number of hydrogen-bond donors (Lipinski definition) is 2. The monoisotopic (exact) mass is 318 g/mol. The molecule has 120 valence electrons. The maximum Gasteiger partial charge on any atom is 0.211 e. The number of ether oxygens (including phenoxy) is 3. The average Bonchev–Trinajstić information content (AvgIpc) is 2.57. The van der Waals surface area contributed by atoms with Crippen molar-refractivity contribution in [3.63, 3.8) is 0 Å². The molecule has 0 saturated carbocycles. The molecule has 3 rings (SSSR count). The Morgan fingerprint density at radius 3 is 2.22 bits per heavy atom. The third-order valence-corrected chi connectivity index (χ3v) is 3.59. The van der Waals surface area contributed by atoms with Crippen molar-refractivity contribution in [2.75, 3.05) is 21.3 Å². The van der Waals surface area contributed by atoms with E-state index in [2.05, 4.69) is 0 Å². The first kappa shape index (κ1) is 14.8. The van der Waals surface area contributed by atoms with Crippen LogP contribution in [0.1, 0.15) is 0 Å². The number of aromatic hydroxyl groups is 2. The van der Waals surface area contributed by atoms with Gasteiger partial charge >= 0.3 is 0 Å². The number of fused-ring (bicyclic) bond motifs is 2. The third-order valence-electron chi connectivity index (χ3n) is 3.59. The van der Waals surface area contributed by atoms with Crippen LogP contribution >= 0.6 is 0 Å². The molecule has 2 aromatic carbocycles. The van der Waals surface area contributed by atoms with E-state index in [9.17, 15) is 15.0 Å². The molecular formula is C16H14O7. The quantitative estimate of drug-likeness (QED) is 0.565. The van der Waals surface area contributed by atoms with Gasteiger partial charge in [0, 0.05) is 0 Å². The highest BCUT2D eigenvalue weighted by Crippen LogP contribution is 2.49. The van der Waals surface area contributed by atoms with E-state index in [-0.39, 0.29) is 33.4 Å². The number of methoxy groups -OCH3 is 3. The molecule has 2 N–H and O–H groups in total. The minimum atomic E-state index is -0.520. The topological polar surface area (TPSA) is 98.4 Å². The van der Waals surface area contributed by atoms with Crippen molar-refractivity contribution in [3.05, 3.63) is 28.4 Å². The Hall–Kier alpha value is -3.09. The van der Waals surface area contributed by atoms with Crippen LogP contribution in [0.2, 0.25) is 0 Å². The molecule has 1 aromatic heterocycles. The van der Waals surface area contributed by atoms with Gasteiger partial charge in [0.05, 0.1) is 26.7 Å². The molecule has 0 fully saturated rings. The summed E-state index contributed by atoms with van der Waals surface area (Å²) in [5, 5.41) is 20.7. The highest BCUT2D eigenvalue weighted by atomic mass is 16.5. The summed E-state index contributed by atoms with van der Waals surface area (Å²) < 4.78 is 20.7. The molecule has 23 heavy (non-hydrogen) atoms. The second-order valence-corrected chi connectivity index (χ2v) is 4.76. The van der Waals surface area contributed by atoms with Crippen LogP contribution < -0.4 is 19.6 Å². The Bertz CT molecular complexity index is 972. The molecule has 7 nitrogen and oxygen atoms in total. The van der Waals surface area contributed by atoms with E-state index >= 15 is 0 Å². The minimum absolute atomic E-state index is 0.117. The zero-order valence-electron chi connectivity index (χ0n) is 12.7. The van der Waals surface area contributed by atoms with Crippen molar-refractivity contribution >= 4 is 21.9 Å². The van der Waals surface area contributed by atoms with Crippen LogP contribution in [-0.4, -0.2) is 31.5 Å². The molecule has 7 heteroatoms. The Balaban J connectivity index is 2.56. The smallest absolute Gasteiger partial charge is 0.211 e. The second-order valence-electron chi connectivity index (χ2n) is 4.76. The number of rotatable bonds is 3. The van der Waals surface area contributed by atoms with Gasteiger partial charge in [-0.05, 0) is 18.2 Å². The Kier molecular flexibility index (Phi) is 3.40. The Labute approximate surface area is 130 Å². The molecule has 1 heterocycles. The maximum atomic E-state index is 12.7. The van der Waals surface area contributed by atoms with Gasteiger partial charge < -0.3 is 28.8 Å². The molecule has 0 unspecified atom stereocenters. The van der Waals surface area contributed by atoms with Gasteiger partial charge in [0.15, 0.2) is 11.3 Å². The number of benzene rings is 2. The highest BCUT2D eigenvalue weighted by molar-refractivity contribution is 5.99. The summed E-state index contributed by atoms with van der Waals surface area (Å²) in [6.07, 6.45) is 0. The Morgan fingerprint density at radius 1 is 0.957 bits per heavy atom. The number of hydrogen-bond acceptors (Lipinski definition) is 7. The molecule has 0 radical (unpaired) electrons.